The Hall–Kier alpha value is -2.24. The minimum absolute atomic E-state index is 0.309. The molecule has 86 valence electrons. The van der Waals surface area contributed by atoms with Gasteiger partial charge in [0.2, 0.25) is 0 Å². The van der Waals surface area contributed by atoms with Gasteiger partial charge in [-0.3, -0.25) is 5.32 Å². The summed E-state index contributed by atoms with van der Waals surface area (Å²) in [5, 5.41) is 4.38. The van der Waals surface area contributed by atoms with Crippen LogP contribution in [0.3, 0.4) is 0 Å². The van der Waals surface area contributed by atoms with Crippen molar-refractivity contribution in [2.75, 3.05) is 7.11 Å². The molecular weight excluding hydrogens is 210 g/mol. The molecule has 4 N–H and O–H groups in total. The molecule has 0 saturated carbocycles. The van der Waals surface area contributed by atoms with Crippen LogP contribution >= 0.6 is 0 Å². The fraction of sp³-hybridized carbons (Fsp3) is 0.200. The first kappa shape index (κ1) is 11.8. The Balaban J connectivity index is 2.42. The van der Waals surface area contributed by atoms with Crippen LogP contribution in [0.4, 0.5) is 9.59 Å². The maximum Gasteiger partial charge on any atom is 0.323 e. The molecule has 1 aromatic rings. The molecule has 0 aliphatic heterocycles. The highest BCUT2D eigenvalue weighted by molar-refractivity contribution is 5.92. The summed E-state index contributed by atoms with van der Waals surface area (Å²) >= 11 is 0. The third kappa shape index (κ3) is 3.87. The molecule has 0 heterocycles. The van der Waals surface area contributed by atoms with Gasteiger partial charge in [-0.05, 0) is 17.7 Å². The fourth-order valence-electron chi connectivity index (χ4n) is 1.08. The maximum absolute atomic E-state index is 11.0. The predicted octanol–water partition coefficient (Wildman–Crippen LogP) is 0.573. The molecule has 0 spiro atoms. The molecule has 0 atom stereocenters. The van der Waals surface area contributed by atoms with Gasteiger partial charge in [-0.1, -0.05) is 12.1 Å². The van der Waals surface area contributed by atoms with Gasteiger partial charge in [0.25, 0.3) is 0 Å². The Labute approximate surface area is 92.8 Å². The first-order chi connectivity index (χ1) is 7.61. The number of hydrogen-bond donors (Lipinski definition) is 3. The standard InChI is InChI=1S/C10H13N3O3/c1-16-8-4-2-7(3-5-8)6-12-10(15)13-9(11)14/h2-5H,6H2,1H3,(H4,11,12,13,14,15). The summed E-state index contributed by atoms with van der Waals surface area (Å²) in [4.78, 5) is 21.3. The van der Waals surface area contributed by atoms with Crippen LogP contribution in [0.2, 0.25) is 0 Å². The van der Waals surface area contributed by atoms with Gasteiger partial charge >= 0.3 is 12.1 Å². The molecule has 0 bridgehead atoms. The van der Waals surface area contributed by atoms with E-state index in [1.165, 1.54) is 0 Å². The molecule has 0 saturated heterocycles. The molecule has 0 unspecified atom stereocenters. The molecule has 0 aliphatic rings. The third-order valence-corrected chi connectivity index (χ3v) is 1.85. The lowest BCUT2D eigenvalue weighted by molar-refractivity contribution is 0.231. The highest BCUT2D eigenvalue weighted by atomic mass is 16.5. The Bertz CT molecular complexity index is 375. The van der Waals surface area contributed by atoms with Crippen molar-refractivity contribution >= 4 is 12.1 Å². The lowest BCUT2D eigenvalue weighted by Crippen LogP contribution is -2.41. The van der Waals surface area contributed by atoms with Crippen molar-refractivity contribution in [3.8, 4) is 5.75 Å². The lowest BCUT2D eigenvalue weighted by Gasteiger charge is -2.05. The van der Waals surface area contributed by atoms with Crippen LogP contribution in [-0.2, 0) is 6.54 Å². The van der Waals surface area contributed by atoms with E-state index in [2.05, 4.69) is 5.32 Å². The van der Waals surface area contributed by atoms with Gasteiger partial charge in [-0.25, -0.2) is 9.59 Å². The molecule has 0 fully saturated rings. The third-order valence-electron chi connectivity index (χ3n) is 1.85. The second-order valence-corrected chi connectivity index (χ2v) is 3.02. The number of nitrogens with one attached hydrogen (secondary N) is 2. The number of carbonyl (C=O) groups excluding carboxylic acids is 2. The zero-order valence-electron chi connectivity index (χ0n) is 8.82. The van der Waals surface area contributed by atoms with E-state index in [1.54, 1.807) is 19.2 Å². The Morgan fingerprint density at radius 2 is 1.94 bits per heavy atom. The van der Waals surface area contributed by atoms with Gasteiger partial charge in [0.15, 0.2) is 0 Å². The summed E-state index contributed by atoms with van der Waals surface area (Å²) < 4.78 is 4.99. The number of primary amides is 1. The number of nitrogens with two attached hydrogens (primary N) is 1. The molecule has 1 rings (SSSR count). The summed E-state index contributed by atoms with van der Waals surface area (Å²) in [5.74, 6) is 0.741. The minimum atomic E-state index is -0.882. The number of ether oxygens (including phenoxy) is 1. The number of rotatable bonds is 3. The van der Waals surface area contributed by atoms with Crippen LogP contribution in [0.1, 0.15) is 5.56 Å². The summed E-state index contributed by atoms with van der Waals surface area (Å²) in [6, 6.07) is 5.68. The SMILES string of the molecule is COc1ccc(CNC(=O)NC(N)=O)cc1. The maximum atomic E-state index is 11.0. The number of benzene rings is 1. The molecule has 0 aliphatic carbocycles. The van der Waals surface area contributed by atoms with Gasteiger partial charge in [0.1, 0.15) is 5.75 Å². The lowest BCUT2D eigenvalue weighted by atomic mass is 10.2. The van der Waals surface area contributed by atoms with Crippen molar-refractivity contribution in [1.82, 2.24) is 10.6 Å². The number of urea groups is 2. The van der Waals surface area contributed by atoms with Crippen molar-refractivity contribution in [3.05, 3.63) is 29.8 Å². The van der Waals surface area contributed by atoms with Crippen molar-refractivity contribution in [3.63, 3.8) is 0 Å². The normalized spacial score (nSPS) is 9.31. The molecule has 6 heteroatoms. The highest BCUT2D eigenvalue weighted by Gasteiger charge is 2.02. The summed E-state index contributed by atoms with van der Waals surface area (Å²) in [6.45, 7) is 0.309. The van der Waals surface area contributed by atoms with E-state index in [4.69, 9.17) is 10.5 Å². The average molecular weight is 223 g/mol. The van der Waals surface area contributed by atoms with Crippen LogP contribution in [0.15, 0.2) is 24.3 Å². The second kappa shape index (κ2) is 5.59. The quantitative estimate of drug-likeness (QED) is 0.699. The monoisotopic (exact) mass is 223 g/mol. The Morgan fingerprint density at radius 1 is 1.31 bits per heavy atom. The minimum Gasteiger partial charge on any atom is -0.497 e. The van der Waals surface area contributed by atoms with Crippen molar-refractivity contribution in [2.24, 2.45) is 5.73 Å². The van der Waals surface area contributed by atoms with E-state index >= 15 is 0 Å². The zero-order chi connectivity index (χ0) is 12.0. The van der Waals surface area contributed by atoms with Crippen molar-refractivity contribution < 1.29 is 14.3 Å². The van der Waals surface area contributed by atoms with Crippen LogP contribution in [-0.4, -0.2) is 19.2 Å². The van der Waals surface area contributed by atoms with Gasteiger partial charge in [0.05, 0.1) is 7.11 Å². The summed E-state index contributed by atoms with van der Waals surface area (Å²) in [6.07, 6.45) is 0. The van der Waals surface area contributed by atoms with Gasteiger partial charge < -0.3 is 15.8 Å². The molecule has 4 amide bonds. The zero-order valence-corrected chi connectivity index (χ0v) is 8.82. The van der Waals surface area contributed by atoms with E-state index in [0.29, 0.717) is 6.54 Å². The second-order valence-electron chi connectivity index (χ2n) is 3.02. The smallest absolute Gasteiger partial charge is 0.323 e. The van der Waals surface area contributed by atoms with Crippen LogP contribution < -0.4 is 21.1 Å². The molecule has 0 aromatic heterocycles. The topological polar surface area (TPSA) is 93.4 Å². The van der Waals surface area contributed by atoms with Crippen LogP contribution in [0.25, 0.3) is 0 Å². The van der Waals surface area contributed by atoms with Crippen molar-refractivity contribution in [2.45, 2.75) is 6.54 Å². The average Bonchev–Trinajstić information content (AvgIpc) is 2.26. The summed E-state index contributed by atoms with van der Waals surface area (Å²) in [7, 11) is 1.58. The van der Waals surface area contributed by atoms with E-state index in [9.17, 15) is 9.59 Å². The molecule has 0 radical (unpaired) electrons. The van der Waals surface area contributed by atoms with Gasteiger partial charge in [-0.2, -0.15) is 0 Å². The molecule has 16 heavy (non-hydrogen) atoms. The predicted molar refractivity (Wildman–Crippen MR) is 57.9 cm³/mol. The summed E-state index contributed by atoms with van der Waals surface area (Å²) in [5.41, 5.74) is 5.66. The molecule has 1 aromatic carbocycles. The van der Waals surface area contributed by atoms with Crippen LogP contribution in [0, 0.1) is 0 Å². The van der Waals surface area contributed by atoms with Gasteiger partial charge in [0, 0.05) is 6.54 Å². The largest absolute Gasteiger partial charge is 0.497 e. The Morgan fingerprint density at radius 3 is 2.44 bits per heavy atom. The van der Waals surface area contributed by atoms with E-state index in [1.807, 2.05) is 17.4 Å². The number of methoxy groups -OCH3 is 1. The van der Waals surface area contributed by atoms with Gasteiger partial charge in [-0.15, -0.1) is 0 Å². The number of imide groups is 1. The molecule has 6 nitrogen and oxygen atoms in total. The number of carbonyl (C=O) groups is 2. The molecular formula is C10H13N3O3. The van der Waals surface area contributed by atoms with E-state index in [0.717, 1.165) is 11.3 Å². The first-order valence-corrected chi connectivity index (χ1v) is 4.59. The van der Waals surface area contributed by atoms with E-state index < -0.39 is 12.1 Å². The first-order valence-electron chi connectivity index (χ1n) is 4.59. The number of amides is 4. The highest BCUT2D eigenvalue weighted by Crippen LogP contribution is 2.10. The Kier molecular flexibility index (Phi) is 4.14. The number of hydrogen-bond acceptors (Lipinski definition) is 3. The van der Waals surface area contributed by atoms with E-state index in [-0.39, 0.29) is 0 Å². The van der Waals surface area contributed by atoms with Crippen molar-refractivity contribution in [1.29, 1.82) is 0 Å². The van der Waals surface area contributed by atoms with Crippen LogP contribution in [0.5, 0.6) is 5.75 Å². The fourth-order valence-corrected chi connectivity index (χ4v) is 1.08.